The number of aromatic hydroxyl groups is 1. The zero-order valence-corrected chi connectivity index (χ0v) is 13.8. The Hall–Kier alpha value is -2.76. The Balaban J connectivity index is 1.88. The van der Waals surface area contributed by atoms with Crippen LogP contribution in [0.2, 0.25) is 0 Å². The van der Waals surface area contributed by atoms with E-state index in [0.717, 1.165) is 5.56 Å². The van der Waals surface area contributed by atoms with Crippen LogP contribution >= 0.6 is 0 Å². The maximum atomic E-state index is 12.3. The van der Waals surface area contributed by atoms with Gasteiger partial charge >= 0.3 is 0 Å². The average Bonchev–Trinajstić information content (AvgIpc) is 3.06. The second-order valence-corrected chi connectivity index (χ2v) is 5.88. The molecule has 0 bridgehead atoms. The molecule has 24 heavy (non-hydrogen) atoms. The van der Waals surface area contributed by atoms with Gasteiger partial charge in [-0.05, 0) is 42.2 Å². The number of phenols is 1. The Morgan fingerprint density at radius 2 is 2.00 bits per heavy atom. The van der Waals surface area contributed by atoms with Crippen molar-refractivity contribution in [1.29, 1.82) is 0 Å². The minimum Gasteiger partial charge on any atom is -0.508 e. The van der Waals surface area contributed by atoms with E-state index in [1.54, 1.807) is 30.3 Å². The molecule has 1 heterocycles. The van der Waals surface area contributed by atoms with Crippen LogP contribution in [0.1, 0.15) is 30.0 Å². The molecule has 1 aromatic carbocycles. The number of rotatable bonds is 7. The number of hydrogen-bond donors (Lipinski definition) is 3. The molecule has 6 nitrogen and oxygen atoms in total. The maximum absolute atomic E-state index is 12.3. The highest BCUT2D eigenvalue weighted by atomic mass is 16.3. The molecule has 2 rings (SSSR count). The first-order valence-electron chi connectivity index (χ1n) is 7.87. The number of phenolic OH excluding ortho intramolecular Hbond substituents is 1. The molecule has 0 saturated heterocycles. The quantitative estimate of drug-likeness (QED) is 0.725. The van der Waals surface area contributed by atoms with Crippen molar-refractivity contribution in [2.24, 2.45) is 5.92 Å². The van der Waals surface area contributed by atoms with Crippen molar-refractivity contribution in [3.05, 3.63) is 54.0 Å². The van der Waals surface area contributed by atoms with Gasteiger partial charge in [-0.1, -0.05) is 26.0 Å². The van der Waals surface area contributed by atoms with Crippen LogP contribution in [0, 0.1) is 5.92 Å². The van der Waals surface area contributed by atoms with Crippen LogP contribution in [0.5, 0.6) is 5.75 Å². The van der Waals surface area contributed by atoms with Gasteiger partial charge in [-0.3, -0.25) is 9.59 Å². The van der Waals surface area contributed by atoms with Crippen LogP contribution in [0.4, 0.5) is 0 Å². The van der Waals surface area contributed by atoms with Gasteiger partial charge in [0.1, 0.15) is 11.8 Å². The number of hydrogen-bond acceptors (Lipinski definition) is 4. The molecular formula is C18H22N2O4. The van der Waals surface area contributed by atoms with E-state index < -0.39 is 11.9 Å². The summed E-state index contributed by atoms with van der Waals surface area (Å²) in [5, 5.41) is 14.9. The lowest BCUT2D eigenvalue weighted by molar-refractivity contribution is -0.123. The van der Waals surface area contributed by atoms with Gasteiger partial charge in [0.25, 0.3) is 5.91 Å². The van der Waals surface area contributed by atoms with Crippen molar-refractivity contribution in [3.8, 4) is 5.75 Å². The van der Waals surface area contributed by atoms with E-state index in [-0.39, 0.29) is 23.3 Å². The van der Waals surface area contributed by atoms with Gasteiger partial charge in [0, 0.05) is 6.54 Å². The second kappa shape index (κ2) is 8.19. The van der Waals surface area contributed by atoms with Gasteiger partial charge in [-0.25, -0.2) is 0 Å². The summed E-state index contributed by atoms with van der Waals surface area (Å²) in [5.41, 5.74) is 0.927. The summed E-state index contributed by atoms with van der Waals surface area (Å²) >= 11 is 0. The fraction of sp³-hybridized carbons (Fsp3) is 0.333. The molecule has 6 heteroatoms. The van der Waals surface area contributed by atoms with Gasteiger partial charge in [0.15, 0.2) is 5.76 Å². The van der Waals surface area contributed by atoms with Crippen molar-refractivity contribution in [3.63, 3.8) is 0 Å². The van der Waals surface area contributed by atoms with Crippen molar-refractivity contribution in [2.45, 2.75) is 26.3 Å². The zero-order valence-electron chi connectivity index (χ0n) is 13.8. The number of carbonyl (C=O) groups excluding carboxylic acids is 2. The molecule has 1 atom stereocenters. The standard InChI is InChI=1S/C18H22N2O4/c1-12(2)16(20-17(22)15-7-4-10-24-15)18(23)19-9-8-13-5-3-6-14(21)11-13/h3-7,10-12,16,21H,8-9H2,1-2H3,(H,19,23)(H,20,22)/t16-/m1/s1. The predicted octanol–water partition coefficient (Wildman–Crippen LogP) is 2.10. The van der Waals surface area contributed by atoms with Crippen LogP contribution < -0.4 is 10.6 Å². The van der Waals surface area contributed by atoms with E-state index in [4.69, 9.17) is 4.42 Å². The smallest absolute Gasteiger partial charge is 0.287 e. The van der Waals surface area contributed by atoms with Crippen molar-refractivity contribution < 1.29 is 19.1 Å². The molecule has 0 saturated carbocycles. The van der Waals surface area contributed by atoms with Crippen LogP contribution in [0.15, 0.2) is 47.1 Å². The van der Waals surface area contributed by atoms with E-state index in [9.17, 15) is 14.7 Å². The van der Waals surface area contributed by atoms with E-state index in [1.165, 1.54) is 6.26 Å². The van der Waals surface area contributed by atoms with Crippen molar-refractivity contribution in [2.75, 3.05) is 6.54 Å². The maximum Gasteiger partial charge on any atom is 0.287 e. The minimum atomic E-state index is -0.647. The summed E-state index contributed by atoms with van der Waals surface area (Å²) in [4.78, 5) is 24.4. The molecule has 3 N–H and O–H groups in total. The number of carbonyl (C=O) groups is 2. The number of furan rings is 1. The molecular weight excluding hydrogens is 308 g/mol. The Morgan fingerprint density at radius 3 is 2.62 bits per heavy atom. The third kappa shape index (κ3) is 4.87. The molecule has 0 radical (unpaired) electrons. The highest BCUT2D eigenvalue weighted by molar-refractivity contribution is 5.95. The SMILES string of the molecule is CC(C)[C@@H](NC(=O)c1ccco1)C(=O)NCCc1cccc(O)c1. The molecule has 2 amide bonds. The Kier molecular flexibility index (Phi) is 6.01. The molecule has 1 aromatic heterocycles. The first-order chi connectivity index (χ1) is 11.5. The number of nitrogens with one attached hydrogen (secondary N) is 2. The zero-order chi connectivity index (χ0) is 17.5. The normalized spacial score (nSPS) is 12.0. The molecule has 0 unspecified atom stereocenters. The molecule has 0 aliphatic rings. The van der Waals surface area contributed by atoms with Gasteiger partial charge < -0.3 is 20.2 Å². The largest absolute Gasteiger partial charge is 0.508 e. The Morgan fingerprint density at radius 1 is 1.21 bits per heavy atom. The van der Waals surface area contributed by atoms with E-state index in [1.807, 2.05) is 19.9 Å². The highest BCUT2D eigenvalue weighted by Gasteiger charge is 2.25. The first kappa shape index (κ1) is 17.6. The topological polar surface area (TPSA) is 91.6 Å². The molecule has 2 aromatic rings. The summed E-state index contributed by atoms with van der Waals surface area (Å²) in [6.07, 6.45) is 2.01. The first-order valence-corrected chi connectivity index (χ1v) is 7.87. The third-order valence-corrected chi connectivity index (χ3v) is 3.60. The highest BCUT2D eigenvalue weighted by Crippen LogP contribution is 2.11. The molecule has 128 valence electrons. The summed E-state index contributed by atoms with van der Waals surface area (Å²) in [5.74, 6) is -0.352. The van der Waals surface area contributed by atoms with Crippen molar-refractivity contribution in [1.82, 2.24) is 10.6 Å². The van der Waals surface area contributed by atoms with E-state index in [0.29, 0.717) is 13.0 Å². The van der Waals surface area contributed by atoms with Crippen molar-refractivity contribution >= 4 is 11.8 Å². The van der Waals surface area contributed by atoms with Gasteiger partial charge in [-0.2, -0.15) is 0 Å². The summed E-state index contributed by atoms with van der Waals surface area (Å²) in [6, 6.07) is 9.41. The van der Waals surface area contributed by atoms with Crippen LogP contribution in [0.25, 0.3) is 0 Å². The third-order valence-electron chi connectivity index (χ3n) is 3.60. The Bertz CT molecular complexity index is 680. The lowest BCUT2D eigenvalue weighted by Gasteiger charge is -2.21. The molecule has 0 aliphatic carbocycles. The summed E-state index contributed by atoms with van der Waals surface area (Å²) < 4.78 is 5.04. The fourth-order valence-electron chi connectivity index (χ4n) is 2.31. The predicted molar refractivity (Wildman–Crippen MR) is 89.6 cm³/mol. The van der Waals surface area contributed by atoms with E-state index >= 15 is 0 Å². The van der Waals surface area contributed by atoms with Gasteiger partial charge in [0.05, 0.1) is 6.26 Å². The fourth-order valence-corrected chi connectivity index (χ4v) is 2.31. The van der Waals surface area contributed by atoms with Gasteiger partial charge in [-0.15, -0.1) is 0 Å². The van der Waals surface area contributed by atoms with Gasteiger partial charge in [0.2, 0.25) is 5.91 Å². The molecule has 0 fully saturated rings. The minimum absolute atomic E-state index is 0.0651. The van der Waals surface area contributed by atoms with Crippen LogP contribution in [-0.2, 0) is 11.2 Å². The average molecular weight is 330 g/mol. The Labute approximate surface area is 140 Å². The lowest BCUT2D eigenvalue weighted by atomic mass is 10.0. The van der Waals surface area contributed by atoms with E-state index in [2.05, 4.69) is 10.6 Å². The summed E-state index contributed by atoms with van der Waals surface area (Å²) in [6.45, 7) is 4.14. The van der Waals surface area contributed by atoms with Crippen LogP contribution in [0.3, 0.4) is 0 Å². The lowest BCUT2D eigenvalue weighted by Crippen LogP contribution is -2.50. The number of amides is 2. The van der Waals surface area contributed by atoms with Crippen LogP contribution in [-0.4, -0.2) is 29.5 Å². The molecule has 0 aliphatic heterocycles. The number of benzene rings is 1. The monoisotopic (exact) mass is 330 g/mol. The molecule has 0 spiro atoms. The second-order valence-electron chi connectivity index (χ2n) is 5.88. The summed E-state index contributed by atoms with van der Waals surface area (Å²) in [7, 11) is 0.